The van der Waals surface area contributed by atoms with Gasteiger partial charge in [0, 0.05) is 19.2 Å². The van der Waals surface area contributed by atoms with E-state index >= 15 is 0 Å². The molecule has 2 aromatic carbocycles. The predicted molar refractivity (Wildman–Crippen MR) is 102 cm³/mol. The maximum Gasteiger partial charge on any atom is 0.341 e. The van der Waals surface area contributed by atoms with Gasteiger partial charge in [-0.2, -0.15) is 0 Å². The van der Waals surface area contributed by atoms with Crippen LogP contribution in [0, 0.1) is 0 Å². The van der Waals surface area contributed by atoms with Gasteiger partial charge in [0.25, 0.3) is 5.91 Å². The first-order chi connectivity index (χ1) is 12.9. The predicted octanol–water partition coefficient (Wildman–Crippen LogP) is 3.38. The van der Waals surface area contributed by atoms with Gasteiger partial charge in [0.15, 0.2) is 18.1 Å². The minimum atomic E-state index is -1.08. The second kappa shape index (κ2) is 9.62. The van der Waals surface area contributed by atoms with Gasteiger partial charge in [-0.25, -0.2) is 4.79 Å². The molecule has 0 saturated heterocycles. The first kappa shape index (κ1) is 20.3. The SMILES string of the molecule is CCOc1cc(C(=O)N(C)Cc2ccc(CC)cc2)ccc1OCC(=O)O. The fourth-order valence-electron chi connectivity index (χ4n) is 2.61. The standard InChI is InChI=1S/C21H25NO5/c1-4-15-6-8-16(9-7-15)13-22(3)21(25)17-10-11-18(27-14-20(23)24)19(12-17)26-5-2/h6-12H,4-5,13-14H2,1-3H3,(H,23,24). The van der Waals surface area contributed by atoms with Gasteiger partial charge in [-0.05, 0) is 42.7 Å². The Hall–Kier alpha value is -3.02. The number of aryl methyl sites for hydroxylation is 1. The zero-order valence-corrected chi connectivity index (χ0v) is 15.9. The Morgan fingerprint density at radius 3 is 2.22 bits per heavy atom. The van der Waals surface area contributed by atoms with Crippen LogP contribution in [0.5, 0.6) is 11.5 Å². The molecule has 0 bridgehead atoms. The summed E-state index contributed by atoms with van der Waals surface area (Å²) in [4.78, 5) is 25.1. The average Bonchev–Trinajstić information content (AvgIpc) is 2.67. The molecule has 2 rings (SSSR count). The summed E-state index contributed by atoms with van der Waals surface area (Å²) in [5.74, 6) is -0.578. The molecule has 0 aromatic heterocycles. The van der Waals surface area contributed by atoms with Gasteiger partial charge in [-0.1, -0.05) is 31.2 Å². The van der Waals surface area contributed by atoms with E-state index in [1.165, 1.54) is 5.56 Å². The summed E-state index contributed by atoms with van der Waals surface area (Å²) in [6, 6.07) is 12.9. The van der Waals surface area contributed by atoms with Crippen LogP contribution in [0.2, 0.25) is 0 Å². The number of nitrogens with zero attached hydrogens (tertiary/aromatic N) is 1. The molecule has 6 nitrogen and oxygen atoms in total. The summed E-state index contributed by atoms with van der Waals surface area (Å²) in [5, 5.41) is 8.76. The Kier molecular flexibility index (Phi) is 7.23. The molecule has 0 fully saturated rings. The Balaban J connectivity index is 2.13. The van der Waals surface area contributed by atoms with E-state index in [2.05, 4.69) is 19.1 Å². The number of amides is 1. The maximum atomic E-state index is 12.7. The molecular formula is C21H25NO5. The quantitative estimate of drug-likeness (QED) is 0.731. The zero-order chi connectivity index (χ0) is 19.8. The first-order valence-electron chi connectivity index (χ1n) is 8.89. The lowest BCUT2D eigenvalue weighted by atomic mass is 10.1. The van der Waals surface area contributed by atoms with Gasteiger partial charge in [0.2, 0.25) is 0 Å². The van der Waals surface area contributed by atoms with Crippen molar-refractivity contribution in [3.8, 4) is 11.5 Å². The molecule has 0 spiro atoms. The molecule has 1 N–H and O–H groups in total. The summed E-state index contributed by atoms with van der Waals surface area (Å²) < 4.78 is 10.7. The van der Waals surface area contributed by atoms with E-state index in [4.69, 9.17) is 14.6 Å². The summed E-state index contributed by atoms with van der Waals surface area (Å²) in [7, 11) is 1.74. The van der Waals surface area contributed by atoms with Crippen molar-refractivity contribution >= 4 is 11.9 Å². The molecule has 0 saturated carbocycles. The van der Waals surface area contributed by atoms with Crippen LogP contribution in [-0.2, 0) is 17.8 Å². The topological polar surface area (TPSA) is 76.1 Å². The number of carboxylic acid groups (broad SMARTS) is 1. The van der Waals surface area contributed by atoms with Gasteiger partial charge in [-0.3, -0.25) is 4.79 Å². The van der Waals surface area contributed by atoms with E-state index in [9.17, 15) is 9.59 Å². The van der Waals surface area contributed by atoms with Crippen LogP contribution < -0.4 is 9.47 Å². The van der Waals surface area contributed by atoms with Gasteiger partial charge in [-0.15, -0.1) is 0 Å². The summed E-state index contributed by atoms with van der Waals surface area (Å²) in [6.45, 7) is 4.30. The molecule has 144 valence electrons. The van der Waals surface area contributed by atoms with E-state index < -0.39 is 12.6 Å². The minimum absolute atomic E-state index is 0.152. The van der Waals surface area contributed by atoms with E-state index in [1.54, 1.807) is 30.1 Å². The fourth-order valence-corrected chi connectivity index (χ4v) is 2.61. The third-order valence-electron chi connectivity index (χ3n) is 4.04. The number of hydrogen-bond acceptors (Lipinski definition) is 4. The largest absolute Gasteiger partial charge is 0.490 e. The molecule has 1 amide bonds. The Morgan fingerprint density at radius 1 is 0.963 bits per heavy atom. The van der Waals surface area contributed by atoms with Gasteiger partial charge in [0.1, 0.15) is 0 Å². The number of carbonyl (C=O) groups is 2. The highest BCUT2D eigenvalue weighted by molar-refractivity contribution is 5.94. The maximum absolute atomic E-state index is 12.7. The Labute approximate surface area is 159 Å². The van der Waals surface area contributed by atoms with Crippen molar-refractivity contribution in [1.29, 1.82) is 0 Å². The van der Waals surface area contributed by atoms with Gasteiger partial charge >= 0.3 is 5.97 Å². The van der Waals surface area contributed by atoms with Crippen molar-refractivity contribution in [1.82, 2.24) is 4.90 Å². The minimum Gasteiger partial charge on any atom is -0.490 e. The fraction of sp³-hybridized carbons (Fsp3) is 0.333. The van der Waals surface area contributed by atoms with Crippen molar-refractivity contribution in [3.05, 3.63) is 59.2 Å². The molecule has 27 heavy (non-hydrogen) atoms. The Morgan fingerprint density at radius 2 is 1.63 bits per heavy atom. The molecular weight excluding hydrogens is 346 g/mol. The van der Waals surface area contributed by atoms with Crippen molar-refractivity contribution in [2.45, 2.75) is 26.8 Å². The summed E-state index contributed by atoms with van der Waals surface area (Å²) in [5.41, 5.74) is 2.76. The number of carboxylic acids is 1. The number of benzene rings is 2. The van der Waals surface area contributed by atoms with Crippen LogP contribution in [-0.4, -0.2) is 42.1 Å². The molecule has 6 heteroatoms. The van der Waals surface area contributed by atoms with Crippen LogP contribution in [0.15, 0.2) is 42.5 Å². The second-order valence-electron chi connectivity index (χ2n) is 6.11. The van der Waals surface area contributed by atoms with Crippen LogP contribution in [0.4, 0.5) is 0 Å². The third-order valence-corrected chi connectivity index (χ3v) is 4.04. The third kappa shape index (κ3) is 5.74. The lowest BCUT2D eigenvalue weighted by Gasteiger charge is -2.19. The molecule has 0 radical (unpaired) electrons. The number of rotatable bonds is 9. The molecule has 0 aliphatic rings. The van der Waals surface area contributed by atoms with Crippen molar-refractivity contribution in [3.63, 3.8) is 0 Å². The number of carbonyl (C=O) groups excluding carboxylic acids is 1. The van der Waals surface area contributed by atoms with Gasteiger partial charge in [0.05, 0.1) is 6.61 Å². The highest BCUT2D eigenvalue weighted by atomic mass is 16.5. The molecule has 0 unspecified atom stereocenters. The average molecular weight is 371 g/mol. The lowest BCUT2D eigenvalue weighted by Crippen LogP contribution is -2.26. The second-order valence-corrected chi connectivity index (χ2v) is 6.11. The molecule has 0 aliphatic heterocycles. The summed E-state index contributed by atoms with van der Waals surface area (Å²) in [6.07, 6.45) is 0.978. The highest BCUT2D eigenvalue weighted by Gasteiger charge is 2.16. The monoisotopic (exact) mass is 371 g/mol. The van der Waals surface area contributed by atoms with Crippen molar-refractivity contribution in [2.75, 3.05) is 20.3 Å². The summed E-state index contributed by atoms with van der Waals surface area (Å²) >= 11 is 0. The van der Waals surface area contributed by atoms with E-state index in [-0.39, 0.29) is 5.91 Å². The van der Waals surface area contributed by atoms with Crippen molar-refractivity contribution < 1.29 is 24.2 Å². The first-order valence-corrected chi connectivity index (χ1v) is 8.89. The molecule has 0 aliphatic carbocycles. The molecule has 2 aromatic rings. The highest BCUT2D eigenvalue weighted by Crippen LogP contribution is 2.29. The number of ether oxygens (including phenoxy) is 2. The van der Waals surface area contributed by atoms with E-state index in [1.807, 2.05) is 19.1 Å². The molecule has 0 heterocycles. The smallest absolute Gasteiger partial charge is 0.341 e. The van der Waals surface area contributed by atoms with Crippen LogP contribution in [0.25, 0.3) is 0 Å². The Bertz CT molecular complexity index is 786. The normalized spacial score (nSPS) is 10.3. The zero-order valence-electron chi connectivity index (χ0n) is 15.9. The molecule has 0 atom stereocenters. The van der Waals surface area contributed by atoms with Crippen LogP contribution in [0.3, 0.4) is 0 Å². The van der Waals surface area contributed by atoms with Crippen LogP contribution in [0.1, 0.15) is 35.3 Å². The van der Waals surface area contributed by atoms with E-state index in [0.717, 1.165) is 12.0 Å². The number of hydrogen-bond donors (Lipinski definition) is 1. The van der Waals surface area contributed by atoms with Crippen LogP contribution >= 0.6 is 0 Å². The van der Waals surface area contributed by atoms with Gasteiger partial charge < -0.3 is 19.5 Å². The van der Waals surface area contributed by atoms with Crippen molar-refractivity contribution in [2.24, 2.45) is 0 Å². The lowest BCUT2D eigenvalue weighted by molar-refractivity contribution is -0.139. The van der Waals surface area contributed by atoms with E-state index in [0.29, 0.717) is 30.2 Å². The number of aliphatic carboxylic acids is 1.